The van der Waals surface area contributed by atoms with Gasteiger partial charge in [0.15, 0.2) is 0 Å². The number of carboxylic acid groups (broad SMARTS) is 2. The number of hydrogen-bond donors (Lipinski definition) is 3. The Morgan fingerprint density at radius 2 is 1.71 bits per heavy atom. The van der Waals surface area contributed by atoms with Crippen molar-refractivity contribution in [2.75, 3.05) is 6.54 Å². The maximum atomic E-state index is 10.2. The number of aliphatic carboxylic acids is 2. The van der Waals surface area contributed by atoms with Crippen LogP contribution in [0.5, 0.6) is 0 Å². The molecule has 3 N–H and O–H groups in total. The molecule has 1 aliphatic rings. The number of hydrogen-bond acceptors (Lipinski definition) is 3. The molecule has 1 aliphatic carbocycles. The van der Waals surface area contributed by atoms with Crippen molar-refractivity contribution in [3.8, 4) is 0 Å². The van der Waals surface area contributed by atoms with Crippen molar-refractivity contribution in [3.05, 3.63) is 0 Å². The lowest BCUT2D eigenvalue weighted by Gasteiger charge is -2.21. The summed E-state index contributed by atoms with van der Waals surface area (Å²) in [7, 11) is 0. The second kappa shape index (κ2) is 10.1. The summed E-state index contributed by atoms with van der Waals surface area (Å²) in [5, 5.41) is 19.3. The van der Waals surface area contributed by atoms with Crippen LogP contribution in [-0.4, -0.2) is 34.7 Å². The third-order valence-electron chi connectivity index (χ3n) is 2.61. The molecule has 5 heteroatoms. The summed E-state index contributed by atoms with van der Waals surface area (Å²) < 4.78 is 0. The summed E-state index contributed by atoms with van der Waals surface area (Å²) in [4.78, 5) is 19.8. The van der Waals surface area contributed by atoms with Gasteiger partial charge in [-0.2, -0.15) is 0 Å². The van der Waals surface area contributed by atoms with Crippen molar-refractivity contribution in [3.63, 3.8) is 0 Å². The third kappa shape index (κ3) is 11.2. The van der Waals surface area contributed by atoms with Gasteiger partial charge in [0.05, 0.1) is 6.54 Å². The van der Waals surface area contributed by atoms with Gasteiger partial charge in [-0.25, -0.2) is 0 Å². The van der Waals surface area contributed by atoms with Crippen LogP contribution in [0.1, 0.15) is 51.9 Å². The molecule has 0 aromatic rings. The topological polar surface area (TPSA) is 86.6 Å². The summed E-state index contributed by atoms with van der Waals surface area (Å²) in [6.45, 7) is 1.96. The molecule has 0 heterocycles. The van der Waals surface area contributed by atoms with Crippen molar-refractivity contribution >= 4 is 11.9 Å². The van der Waals surface area contributed by atoms with E-state index in [-0.39, 0.29) is 6.54 Å². The zero-order chi connectivity index (χ0) is 13.1. The smallest absolute Gasteiger partial charge is 0.317 e. The minimum atomic E-state index is -0.754. The van der Waals surface area contributed by atoms with Gasteiger partial charge in [0.2, 0.25) is 0 Å². The Balaban J connectivity index is 0.000000366. The van der Waals surface area contributed by atoms with E-state index in [1.165, 1.54) is 19.3 Å². The van der Waals surface area contributed by atoms with Crippen molar-refractivity contribution < 1.29 is 19.8 Å². The lowest BCUT2D eigenvalue weighted by atomic mass is 9.96. The van der Waals surface area contributed by atoms with E-state index in [1.807, 2.05) is 6.92 Å². The van der Waals surface area contributed by atoms with Crippen molar-refractivity contribution in [1.29, 1.82) is 0 Å². The fourth-order valence-electron chi connectivity index (χ4n) is 1.75. The molecule has 1 saturated carbocycles. The minimum Gasteiger partial charge on any atom is -0.481 e. The standard InChI is InChI=1S/C8H15NO2.C4H8O2/c10-8(11)6-9-7-4-2-1-3-5-7;1-2-3-4(5)6/h7,9H,1-6H2,(H,10,11);2-3H2,1H3,(H,5,6). The van der Waals surface area contributed by atoms with Crippen LogP contribution in [0, 0.1) is 0 Å². The molecular weight excluding hydrogens is 222 g/mol. The van der Waals surface area contributed by atoms with Crippen LogP contribution in [0.25, 0.3) is 0 Å². The predicted molar refractivity (Wildman–Crippen MR) is 65.1 cm³/mol. The quantitative estimate of drug-likeness (QED) is 0.688. The van der Waals surface area contributed by atoms with Gasteiger partial charge in [-0.1, -0.05) is 26.2 Å². The summed E-state index contributed by atoms with van der Waals surface area (Å²) in [6.07, 6.45) is 7.12. The maximum Gasteiger partial charge on any atom is 0.317 e. The van der Waals surface area contributed by atoms with Crippen LogP contribution in [0.3, 0.4) is 0 Å². The number of carboxylic acids is 2. The van der Waals surface area contributed by atoms with Crippen molar-refractivity contribution in [1.82, 2.24) is 5.32 Å². The number of rotatable bonds is 5. The fraction of sp³-hybridized carbons (Fsp3) is 0.833. The highest BCUT2D eigenvalue weighted by atomic mass is 16.4. The normalized spacial score (nSPS) is 15.8. The Hall–Kier alpha value is -1.10. The van der Waals surface area contributed by atoms with Gasteiger partial charge in [0.1, 0.15) is 0 Å². The zero-order valence-electron chi connectivity index (χ0n) is 10.4. The number of nitrogens with one attached hydrogen (secondary N) is 1. The molecule has 0 unspecified atom stereocenters. The molecular formula is C12H23NO4. The predicted octanol–water partition coefficient (Wildman–Crippen LogP) is 1.86. The van der Waals surface area contributed by atoms with Crippen molar-refractivity contribution in [2.24, 2.45) is 0 Å². The Labute approximate surface area is 102 Å². The van der Waals surface area contributed by atoms with E-state index in [1.54, 1.807) is 0 Å². The molecule has 1 rings (SSSR count). The second-order valence-corrected chi connectivity index (χ2v) is 4.25. The van der Waals surface area contributed by atoms with E-state index in [9.17, 15) is 9.59 Å². The molecule has 0 bridgehead atoms. The van der Waals surface area contributed by atoms with Gasteiger partial charge in [0, 0.05) is 12.5 Å². The van der Waals surface area contributed by atoms with E-state index >= 15 is 0 Å². The Bertz CT molecular complexity index is 225. The van der Waals surface area contributed by atoms with Gasteiger partial charge in [-0.15, -0.1) is 0 Å². The molecule has 0 saturated heterocycles. The first-order valence-corrected chi connectivity index (χ1v) is 6.23. The van der Waals surface area contributed by atoms with E-state index in [4.69, 9.17) is 10.2 Å². The Morgan fingerprint density at radius 3 is 2.06 bits per heavy atom. The summed E-state index contributed by atoms with van der Waals surface area (Å²) in [6, 6.07) is 0.458. The lowest BCUT2D eigenvalue weighted by molar-refractivity contribution is -0.137. The highest BCUT2D eigenvalue weighted by molar-refractivity contribution is 5.69. The molecule has 0 aliphatic heterocycles. The van der Waals surface area contributed by atoms with Gasteiger partial charge in [-0.3, -0.25) is 9.59 Å². The van der Waals surface area contributed by atoms with Crippen LogP contribution in [0.15, 0.2) is 0 Å². The molecule has 0 amide bonds. The zero-order valence-corrected chi connectivity index (χ0v) is 10.4. The fourth-order valence-corrected chi connectivity index (χ4v) is 1.75. The highest BCUT2D eigenvalue weighted by Crippen LogP contribution is 2.16. The molecule has 100 valence electrons. The Kier molecular flexibility index (Phi) is 9.43. The van der Waals surface area contributed by atoms with E-state index in [0.29, 0.717) is 12.5 Å². The summed E-state index contributed by atoms with van der Waals surface area (Å²) in [5.41, 5.74) is 0. The first-order chi connectivity index (χ1) is 8.06. The van der Waals surface area contributed by atoms with Gasteiger partial charge in [-0.05, 0) is 19.3 Å². The maximum absolute atomic E-state index is 10.2. The second-order valence-electron chi connectivity index (χ2n) is 4.25. The van der Waals surface area contributed by atoms with E-state index in [0.717, 1.165) is 19.3 Å². The van der Waals surface area contributed by atoms with Crippen molar-refractivity contribution in [2.45, 2.75) is 57.9 Å². The SMILES string of the molecule is CCCC(=O)O.O=C(O)CNC1CCCCC1. The van der Waals surface area contributed by atoms with E-state index < -0.39 is 11.9 Å². The first kappa shape index (κ1) is 15.9. The molecule has 17 heavy (non-hydrogen) atoms. The van der Waals surface area contributed by atoms with Crippen LogP contribution in [0.4, 0.5) is 0 Å². The largest absolute Gasteiger partial charge is 0.481 e. The third-order valence-corrected chi connectivity index (χ3v) is 2.61. The van der Waals surface area contributed by atoms with Crippen LogP contribution >= 0.6 is 0 Å². The molecule has 0 radical (unpaired) electrons. The monoisotopic (exact) mass is 245 g/mol. The molecule has 0 spiro atoms. The summed E-state index contributed by atoms with van der Waals surface area (Å²) in [5.74, 6) is -1.46. The first-order valence-electron chi connectivity index (χ1n) is 6.23. The average molecular weight is 245 g/mol. The van der Waals surface area contributed by atoms with Crippen LogP contribution in [0.2, 0.25) is 0 Å². The van der Waals surface area contributed by atoms with Gasteiger partial charge >= 0.3 is 11.9 Å². The van der Waals surface area contributed by atoms with Gasteiger partial charge < -0.3 is 15.5 Å². The molecule has 1 fully saturated rings. The molecule has 0 atom stereocenters. The Morgan fingerprint density at radius 1 is 1.12 bits per heavy atom. The lowest BCUT2D eigenvalue weighted by Crippen LogP contribution is -2.34. The molecule has 0 aromatic carbocycles. The van der Waals surface area contributed by atoms with Gasteiger partial charge in [0.25, 0.3) is 0 Å². The molecule has 5 nitrogen and oxygen atoms in total. The highest BCUT2D eigenvalue weighted by Gasteiger charge is 2.12. The van der Waals surface area contributed by atoms with E-state index in [2.05, 4.69) is 5.32 Å². The number of carbonyl (C=O) groups is 2. The van der Waals surface area contributed by atoms with Crippen LogP contribution < -0.4 is 5.32 Å². The van der Waals surface area contributed by atoms with Crippen LogP contribution in [-0.2, 0) is 9.59 Å². The minimum absolute atomic E-state index is 0.116. The summed E-state index contributed by atoms with van der Waals surface area (Å²) >= 11 is 0. The molecule has 0 aromatic heterocycles. The average Bonchev–Trinajstić information content (AvgIpc) is 2.28.